The van der Waals surface area contributed by atoms with Gasteiger partial charge in [0.15, 0.2) is 6.61 Å². The van der Waals surface area contributed by atoms with E-state index >= 15 is 0 Å². The molecule has 0 saturated carbocycles. The molecule has 0 atom stereocenters. The highest BCUT2D eigenvalue weighted by Gasteiger charge is 2.18. The zero-order valence-electron chi connectivity index (χ0n) is 17.7. The summed E-state index contributed by atoms with van der Waals surface area (Å²) < 4.78 is 8.31. The molecular weight excluding hydrogens is 436 g/mol. The van der Waals surface area contributed by atoms with Gasteiger partial charge in [-0.1, -0.05) is 60.7 Å². The van der Waals surface area contributed by atoms with E-state index in [4.69, 9.17) is 4.74 Å². The van der Waals surface area contributed by atoms with Crippen molar-refractivity contribution in [1.29, 1.82) is 0 Å². The molecule has 0 N–H and O–H groups in total. The van der Waals surface area contributed by atoms with Crippen molar-refractivity contribution in [3.63, 3.8) is 0 Å². The maximum absolute atomic E-state index is 13.3. The fraction of sp³-hybridized carbons (Fsp3) is 0.154. The largest absolute Gasteiger partial charge is 0.483 e. The molecule has 0 saturated heterocycles. The molecular formula is C26H22N2O2S2. The number of thiazole rings is 1. The van der Waals surface area contributed by atoms with Gasteiger partial charge in [0.05, 0.1) is 19.9 Å². The van der Waals surface area contributed by atoms with Crippen LogP contribution in [-0.2, 0) is 17.9 Å². The Labute approximate surface area is 194 Å². The first-order valence-corrected chi connectivity index (χ1v) is 12.1. The van der Waals surface area contributed by atoms with Gasteiger partial charge in [0.1, 0.15) is 5.75 Å². The number of carbonyl (C=O) groups is 1. The number of carbonyl (C=O) groups excluding carboxylic acids is 1. The van der Waals surface area contributed by atoms with E-state index < -0.39 is 0 Å². The smallest absolute Gasteiger partial charge is 0.261 e. The van der Waals surface area contributed by atoms with Crippen LogP contribution in [-0.4, -0.2) is 22.4 Å². The van der Waals surface area contributed by atoms with E-state index in [0.29, 0.717) is 13.1 Å². The first kappa shape index (κ1) is 20.7. The SMILES string of the molecule is Cc1nc2c(cc(OCC(=O)N(Cc3ccccc3)Cc3ccccc3)c3ccsc32)s1. The summed E-state index contributed by atoms with van der Waals surface area (Å²) in [6, 6.07) is 24.2. The highest BCUT2D eigenvalue weighted by Crippen LogP contribution is 2.38. The standard InChI is InChI=1S/C26H22N2O2S2/c1-18-27-25-23(32-18)14-22(21-12-13-31-26(21)25)30-17-24(29)28(15-19-8-4-2-5-9-19)16-20-10-6-3-7-11-20/h2-14H,15-17H2,1H3. The monoisotopic (exact) mass is 458 g/mol. The molecule has 2 aromatic heterocycles. The minimum Gasteiger partial charge on any atom is -0.483 e. The number of hydrogen-bond donors (Lipinski definition) is 0. The Balaban J connectivity index is 1.38. The number of nitrogens with zero attached hydrogens (tertiary/aromatic N) is 2. The van der Waals surface area contributed by atoms with Crippen LogP contribution in [0.15, 0.2) is 78.2 Å². The number of benzene rings is 3. The molecule has 0 aliphatic carbocycles. The van der Waals surface area contributed by atoms with E-state index in [-0.39, 0.29) is 12.5 Å². The number of aryl methyl sites for hydroxylation is 1. The Bertz CT molecular complexity index is 1320. The molecule has 0 spiro atoms. The molecule has 0 bridgehead atoms. The van der Waals surface area contributed by atoms with E-state index in [0.717, 1.165) is 42.2 Å². The predicted molar refractivity (Wildman–Crippen MR) is 132 cm³/mol. The average Bonchev–Trinajstić information content (AvgIpc) is 3.44. The van der Waals surface area contributed by atoms with Gasteiger partial charge in [0, 0.05) is 24.5 Å². The molecule has 0 unspecified atom stereocenters. The van der Waals surface area contributed by atoms with Crippen molar-refractivity contribution in [3.05, 3.63) is 94.3 Å². The highest BCUT2D eigenvalue weighted by atomic mass is 32.1. The average molecular weight is 459 g/mol. The molecule has 160 valence electrons. The number of fused-ring (bicyclic) bond motifs is 3. The number of hydrogen-bond acceptors (Lipinski definition) is 5. The maximum Gasteiger partial charge on any atom is 0.261 e. The second-order valence-electron chi connectivity index (χ2n) is 7.63. The fourth-order valence-corrected chi connectivity index (χ4v) is 5.61. The lowest BCUT2D eigenvalue weighted by molar-refractivity contribution is -0.134. The molecule has 4 nitrogen and oxygen atoms in total. The van der Waals surface area contributed by atoms with Crippen LogP contribution in [0.4, 0.5) is 0 Å². The third-order valence-electron chi connectivity index (χ3n) is 5.30. The molecule has 5 aromatic rings. The lowest BCUT2D eigenvalue weighted by Gasteiger charge is -2.23. The highest BCUT2D eigenvalue weighted by molar-refractivity contribution is 7.21. The van der Waals surface area contributed by atoms with E-state index in [1.165, 1.54) is 0 Å². The summed E-state index contributed by atoms with van der Waals surface area (Å²) in [7, 11) is 0. The van der Waals surface area contributed by atoms with Crippen LogP contribution < -0.4 is 4.74 Å². The first-order chi connectivity index (χ1) is 15.7. The maximum atomic E-state index is 13.3. The van der Waals surface area contributed by atoms with Gasteiger partial charge in [-0.15, -0.1) is 22.7 Å². The Morgan fingerprint density at radius 3 is 2.28 bits per heavy atom. The Morgan fingerprint density at radius 2 is 1.62 bits per heavy atom. The van der Waals surface area contributed by atoms with Crippen molar-refractivity contribution >= 4 is 48.9 Å². The van der Waals surface area contributed by atoms with Gasteiger partial charge >= 0.3 is 0 Å². The normalized spacial score (nSPS) is 11.2. The van der Waals surface area contributed by atoms with Gasteiger partial charge in [-0.25, -0.2) is 4.98 Å². The van der Waals surface area contributed by atoms with E-state index in [1.54, 1.807) is 22.7 Å². The van der Waals surface area contributed by atoms with Crippen molar-refractivity contribution in [2.45, 2.75) is 20.0 Å². The third kappa shape index (κ3) is 4.38. The zero-order valence-corrected chi connectivity index (χ0v) is 19.3. The van der Waals surface area contributed by atoms with Crippen molar-refractivity contribution in [2.75, 3.05) is 6.61 Å². The minimum atomic E-state index is -0.0401. The van der Waals surface area contributed by atoms with Crippen LogP contribution in [0.25, 0.3) is 20.3 Å². The quantitative estimate of drug-likeness (QED) is 0.282. The van der Waals surface area contributed by atoms with Crippen LogP contribution >= 0.6 is 22.7 Å². The van der Waals surface area contributed by atoms with E-state index in [9.17, 15) is 4.79 Å². The number of thiophene rings is 1. The van der Waals surface area contributed by atoms with Crippen LogP contribution in [0.1, 0.15) is 16.1 Å². The van der Waals surface area contributed by atoms with Crippen LogP contribution in [0.2, 0.25) is 0 Å². The lowest BCUT2D eigenvalue weighted by Crippen LogP contribution is -2.34. The third-order valence-corrected chi connectivity index (χ3v) is 7.14. The second kappa shape index (κ2) is 9.10. The molecule has 3 aromatic carbocycles. The van der Waals surface area contributed by atoms with Gasteiger partial charge in [0.2, 0.25) is 0 Å². The van der Waals surface area contributed by atoms with Crippen molar-refractivity contribution in [2.24, 2.45) is 0 Å². The van der Waals surface area contributed by atoms with E-state index in [2.05, 4.69) is 4.98 Å². The van der Waals surface area contributed by atoms with Crippen molar-refractivity contribution < 1.29 is 9.53 Å². The summed E-state index contributed by atoms with van der Waals surface area (Å²) in [5, 5.41) is 4.09. The molecule has 0 fully saturated rings. The summed E-state index contributed by atoms with van der Waals surface area (Å²) in [5.41, 5.74) is 3.21. The van der Waals surface area contributed by atoms with Gasteiger partial charge in [-0.2, -0.15) is 0 Å². The predicted octanol–water partition coefficient (Wildman–Crippen LogP) is 6.43. The minimum absolute atomic E-state index is 0.00605. The summed E-state index contributed by atoms with van der Waals surface area (Å²) in [6.07, 6.45) is 0. The molecule has 32 heavy (non-hydrogen) atoms. The van der Waals surface area contributed by atoms with Crippen LogP contribution in [0.3, 0.4) is 0 Å². The summed E-state index contributed by atoms with van der Waals surface area (Å²) in [4.78, 5) is 19.8. The molecule has 6 heteroatoms. The summed E-state index contributed by atoms with van der Waals surface area (Å²) in [5.74, 6) is 0.701. The number of amides is 1. The van der Waals surface area contributed by atoms with Gasteiger partial charge in [-0.3, -0.25) is 4.79 Å². The van der Waals surface area contributed by atoms with Gasteiger partial charge < -0.3 is 9.64 Å². The van der Waals surface area contributed by atoms with Gasteiger partial charge in [0.25, 0.3) is 5.91 Å². The molecule has 1 amide bonds. The van der Waals surface area contributed by atoms with Crippen molar-refractivity contribution in [1.82, 2.24) is 9.88 Å². The molecule has 0 aliphatic rings. The lowest BCUT2D eigenvalue weighted by atomic mass is 10.1. The number of aromatic nitrogens is 1. The van der Waals surface area contributed by atoms with E-state index in [1.807, 2.05) is 90.0 Å². The van der Waals surface area contributed by atoms with Gasteiger partial charge in [-0.05, 0) is 29.5 Å². The zero-order chi connectivity index (χ0) is 21.9. The molecule has 0 aliphatic heterocycles. The summed E-state index contributed by atoms with van der Waals surface area (Å²) >= 11 is 3.31. The topological polar surface area (TPSA) is 42.4 Å². The number of ether oxygens (including phenoxy) is 1. The molecule has 5 rings (SSSR count). The van der Waals surface area contributed by atoms with Crippen molar-refractivity contribution in [3.8, 4) is 5.75 Å². The first-order valence-electron chi connectivity index (χ1n) is 10.4. The second-order valence-corrected chi connectivity index (χ2v) is 9.78. The molecule has 0 radical (unpaired) electrons. The Hall–Kier alpha value is -3.22. The molecule has 2 heterocycles. The van der Waals surface area contributed by atoms with Crippen LogP contribution in [0, 0.1) is 6.92 Å². The van der Waals surface area contributed by atoms with Crippen LogP contribution in [0.5, 0.6) is 5.75 Å². The summed E-state index contributed by atoms with van der Waals surface area (Å²) in [6.45, 7) is 3.09. The Morgan fingerprint density at radius 1 is 0.969 bits per heavy atom. The Kier molecular flexibility index (Phi) is 5.88. The number of rotatable bonds is 7. The fourth-order valence-electron chi connectivity index (χ4n) is 3.78.